The summed E-state index contributed by atoms with van der Waals surface area (Å²) in [5.41, 5.74) is 2.54. The number of rotatable bonds is 5. The van der Waals surface area contributed by atoms with Crippen molar-refractivity contribution in [1.82, 2.24) is 14.5 Å². The average molecular weight is 468 g/mol. The van der Waals surface area contributed by atoms with Crippen molar-refractivity contribution in [3.63, 3.8) is 0 Å². The van der Waals surface area contributed by atoms with Gasteiger partial charge < -0.3 is 4.90 Å². The number of carbonyl (C=O) groups is 1. The molecule has 1 amide bonds. The predicted molar refractivity (Wildman–Crippen MR) is 120 cm³/mol. The molecular formula is C22H18BrN3O2S. The third-order valence-electron chi connectivity index (χ3n) is 4.63. The van der Waals surface area contributed by atoms with Gasteiger partial charge in [-0.1, -0.05) is 58.4 Å². The molecule has 7 heteroatoms. The molecule has 0 aliphatic rings. The van der Waals surface area contributed by atoms with Crippen molar-refractivity contribution in [2.75, 3.05) is 7.05 Å². The molecule has 5 nitrogen and oxygen atoms in total. The summed E-state index contributed by atoms with van der Waals surface area (Å²) in [6, 6.07) is 19.6. The lowest BCUT2D eigenvalue weighted by molar-refractivity contribution is -0.131. The van der Waals surface area contributed by atoms with E-state index in [2.05, 4.69) is 20.9 Å². The molecule has 0 saturated carbocycles. The molecule has 4 aromatic rings. The Morgan fingerprint density at radius 2 is 1.86 bits per heavy atom. The Morgan fingerprint density at radius 1 is 1.14 bits per heavy atom. The van der Waals surface area contributed by atoms with E-state index in [9.17, 15) is 9.59 Å². The van der Waals surface area contributed by atoms with Gasteiger partial charge in [-0.2, -0.15) is 0 Å². The molecule has 29 heavy (non-hydrogen) atoms. The number of benzene rings is 2. The molecule has 0 radical (unpaired) electrons. The first-order chi connectivity index (χ1) is 14.0. The minimum Gasteiger partial charge on any atom is -0.340 e. The highest BCUT2D eigenvalue weighted by atomic mass is 79.9. The van der Waals surface area contributed by atoms with Gasteiger partial charge in [0, 0.05) is 22.9 Å². The molecule has 146 valence electrons. The lowest BCUT2D eigenvalue weighted by atomic mass is 10.2. The van der Waals surface area contributed by atoms with Crippen molar-refractivity contribution in [2.24, 2.45) is 0 Å². The Hall–Kier alpha value is -2.77. The number of likely N-dealkylation sites (N-methyl/N-ethyl adjacent to an activating group) is 1. The average Bonchev–Trinajstić information content (AvgIpc) is 3.17. The molecular weight excluding hydrogens is 450 g/mol. The first kappa shape index (κ1) is 19.5. The van der Waals surface area contributed by atoms with Crippen LogP contribution in [0.2, 0.25) is 0 Å². The fraction of sp³-hybridized carbons (Fsp3) is 0.136. The highest BCUT2D eigenvalue weighted by Crippen LogP contribution is 2.30. The molecule has 2 heterocycles. The number of halogens is 1. The molecule has 2 aromatic carbocycles. The van der Waals surface area contributed by atoms with Crippen LogP contribution in [0.4, 0.5) is 0 Å². The van der Waals surface area contributed by atoms with Crippen LogP contribution >= 0.6 is 27.3 Å². The van der Waals surface area contributed by atoms with Crippen LogP contribution in [0.25, 0.3) is 20.7 Å². The van der Waals surface area contributed by atoms with Crippen LogP contribution in [0.1, 0.15) is 5.56 Å². The minimum absolute atomic E-state index is 0.0344. The number of thiophene rings is 1. The van der Waals surface area contributed by atoms with E-state index >= 15 is 0 Å². The highest BCUT2D eigenvalue weighted by Gasteiger charge is 2.15. The summed E-state index contributed by atoms with van der Waals surface area (Å²) in [6.45, 7) is 0.446. The summed E-state index contributed by atoms with van der Waals surface area (Å²) in [5.74, 6) is -0.143. The maximum absolute atomic E-state index is 12.9. The molecule has 0 aliphatic heterocycles. The predicted octanol–water partition coefficient (Wildman–Crippen LogP) is 4.55. The van der Waals surface area contributed by atoms with E-state index in [-0.39, 0.29) is 18.0 Å². The van der Waals surface area contributed by atoms with Gasteiger partial charge in [0.05, 0.1) is 11.8 Å². The Labute approximate surface area is 180 Å². The first-order valence-corrected chi connectivity index (χ1v) is 10.6. The van der Waals surface area contributed by atoms with Gasteiger partial charge in [-0.05, 0) is 29.3 Å². The van der Waals surface area contributed by atoms with Crippen molar-refractivity contribution in [2.45, 2.75) is 13.1 Å². The van der Waals surface area contributed by atoms with E-state index in [1.807, 2.05) is 60.7 Å². The number of hydrogen-bond acceptors (Lipinski definition) is 4. The second kappa shape index (κ2) is 8.31. The largest absolute Gasteiger partial charge is 0.340 e. The van der Waals surface area contributed by atoms with Crippen LogP contribution in [-0.2, 0) is 17.9 Å². The number of aromatic nitrogens is 2. The van der Waals surface area contributed by atoms with E-state index in [1.54, 1.807) is 11.9 Å². The third-order valence-corrected chi connectivity index (χ3v) is 6.32. The molecule has 0 atom stereocenters. The summed E-state index contributed by atoms with van der Waals surface area (Å²) < 4.78 is 2.94. The van der Waals surface area contributed by atoms with E-state index in [0.717, 1.165) is 20.5 Å². The zero-order chi connectivity index (χ0) is 20.4. The second-order valence-corrected chi connectivity index (χ2v) is 8.71. The molecule has 0 spiro atoms. The number of hydrogen-bond donors (Lipinski definition) is 0. The lowest BCUT2D eigenvalue weighted by Gasteiger charge is -2.18. The van der Waals surface area contributed by atoms with Gasteiger partial charge in [-0.25, -0.2) is 4.98 Å². The third kappa shape index (κ3) is 4.31. The quantitative estimate of drug-likeness (QED) is 0.432. The molecule has 0 saturated heterocycles. The van der Waals surface area contributed by atoms with Crippen LogP contribution in [0.5, 0.6) is 0 Å². The molecule has 0 bridgehead atoms. The van der Waals surface area contributed by atoms with Gasteiger partial charge in [0.15, 0.2) is 0 Å². The standard InChI is InChI=1S/C22H18BrN3O2S/c1-25(12-15-7-9-17(23)10-8-15)20(27)13-26-14-24-18-11-19(29-21(18)22(26)28)16-5-3-2-4-6-16/h2-11,14H,12-13H2,1H3. The number of nitrogens with zero attached hydrogens (tertiary/aromatic N) is 3. The van der Waals surface area contributed by atoms with Gasteiger partial charge in [0.2, 0.25) is 5.91 Å². The number of amides is 1. The monoisotopic (exact) mass is 467 g/mol. The zero-order valence-electron chi connectivity index (χ0n) is 15.7. The number of fused-ring (bicyclic) bond motifs is 1. The SMILES string of the molecule is CN(Cc1ccc(Br)cc1)C(=O)Cn1cnc2cc(-c3ccccc3)sc2c1=O. The topological polar surface area (TPSA) is 55.2 Å². The van der Waals surface area contributed by atoms with Crippen molar-refractivity contribution in [1.29, 1.82) is 0 Å². The maximum Gasteiger partial charge on any atom is 0.271 e. The zero-order valence-corrected chi connectivity index (χ0v) is 18.1. The molecule has 2 aromatic heterocycles. The lowest BCUT2D eigenvalue weighted by Crippen LogP contribution is -2.33. The van der Waals surface area contributed by atoms with Crippen LogP contribution in [-0.4, -0.2) is 27.4 Å². The van der Waals surface area contributed by atoms with Crippen LogP contribution in [0, 0.1) is 0 Å². The summed E-state index contributed by atoms with van der Waals surface area (Å²) in [6.07, 6.45) is 1.46. The summed E-state index contributed by atoms with van der Waals surface area (Å²) in [7, 11) is 1.74. The first-order valence-electron chi connectivity index (χ1n) is 9.04. The van der Waals surface area contributed by atoms with Crippen molar-refractivity contribution >= 4 is 43.4 Å². The van der Waals surface area contributed by atoms with Gasteiger partial charge in [0.1, 0.15) is 11.2 Å². The molecule has 0 fully saturated rings. The fourth-order valence-corrected chi connectivity index (χ4v) is 4.35. The van der Waals surface area contributed by atoms with E-state index in [1.165, 1.54) is 22.2 Å². The maximum atomic E-state index is 12.9. The van der Waals surface area contributed by atoms with E-state index < -0.39 is 0 Å². The molecule has 0 unspecified atom stereocenters. The van der Waals surface area contributed by atoms with Crippen LogP contribution in [0.3, 0.4) is 0 Å². The molecule has 4 rings (SSSR count). The van der Waals surface area contributed by atoms with Crippen molar-refractivity contribution < 1.29 is 4.79 Å². The highest BCUT2D eigenvalue weighted by molar-refractivity contribution is 9.10. The van der Waals surface area contributed by atoms with E-state index in [0.29, 0.717) is 16.8 Å². The smallest absolute Gasteiger partial charge is 0.271 e. The van der Waals surface area contributed by atoms with Crippen molar-refractivity contribution in [3.8, 4) is 10.4 Å². The minimum atomic E-state index is -0.187. The van der Waals surface area contributed by atoms with E-state index in [4.69, 9.17) is 0 Å². The van der Waals surface area contributed by atoms with Crippen molar-refractivity contribution in [3.05, 3.63) is 87.4 Å². The van der Waals surface area contributed by atoms with Crippen LogP contribution < -0.4 is 5.56 Å². The summed E-state index contributed by atoms with van der Waals surface area (Å²) >= 11 is 4.81. The number of carbonyl (C=O) groups excluding carboxylic acids is 1. The molecule has 0 N–H and O–H groups in total. The fourth-order valence-electron chi connectivity index (χ4n) is 3.02. The second-order valence-electron chi connectivity index (χ2n) is 6.74. The van der Waals surface area contributed by atoms with Gasteiger partial charge in [-0.3, -0.25) is 14.2 Å². The van der Waals surface area contributed by atoms with Crippen LogP contribution in [0.15, 0.2) is 76.3 Å². The van der Waals surface area contributed by atoms with Gasteiger partial charge in [-0.15, -0.1) is 11.3 Å². The normalized spacial score (nSPS) is 11.0. The Bertz CT molecular complexity index is 1220. The Balaban J connectivity index is 1.54. The van der Waals surface area contributed by atoms with Gasteiger partial charge in [0.25, 0.3) is 5.56 Å². The Morgan fingerprint density at radius 3 is 2.59 bits per heavy atom. The Kier molecular flexibility index (Phi) is 5.60. The molecule has 0 aliphatic carbocycles. The van der Waals surface area contributed by atoms with Gasteiger partial charge >= 0.3 is 0 Å². The summed E-state index contributed by atoms with van der Waals surface area (Å²) in [4.78, 5) is 32.5. The summed E-state index contributed by atoms with van der Waals surface area (Å²) in [5, 5.41) is 0.